The lowest BCUT2D eigenvalue weighted by atomic mass is 10.0. The third-order valence-electron chi connectivity index (χ3n) is 3.73. The topological polar surface area (TPSA) is 40.7 Å². The quantitative estimate of drug-likeness (QED) is 0.861. The van der Waals surface area contributed by atoms with Gasteiger partial charge in [0.2, 0.25) is 0 Å². The number of rotatable bonds is 5. The average Bonchev–Trinajstić information content (AvgIpc) is 3.10. The van der Waals surface area contributed by atoms with Crippen molar-refractivity contribution in [2.75, 3.05) is 6.54 Å². The molecule has 2 aromatic rings. The lowest BCUT2D eigenvalue weighted by Gasteiger charge is -2.04. The van der Waals surface area contributed by atoms with Gasteiger partial charge in [0.05, 0.1) is 18.4 Å². The van der Waals surface area contributed by atoms with Gasteiger partial charge in [-0.1, -0.05) is 17.7 Å². The third kappa shape index (κ3) is 3.04. The maximum Gasteiger partial charge on any atom is 0.120 e. The summed E-state index contributed by atoms with van der Waals surface area (Å²) < 4.78 is 0. The maximum absolute atomic E-state index is 4.46. The Hall–Kier alpha value is -1.61. The van der Waals surface area contributed by atoms with E-state index in [0.29, 0.717) is 0 Å². The minimum Gasteiger partial charge on any atom is -0.341 e. The van der Waals surface area contributed by atoms with Gasteiger partial charge in [0.25, 0.3) is 0 Å². The number of nitrogens with zero attached hydrogens (tertiary/aromatic N) is 1. The fourth-order valence-electron chi connectivity index (χ4n) is 2.33. The van der Waals surface area contributed by atoms with Crippen LogP contribution in [-0.2, 0) is 6.54 Å². The molecule has 0 amide bonds. The maximum atomic E-state index is 4.46. The molecule has 0 bridgehead atoms. The predicted molar refractivity (Wildman–Crippen MR) is 77.9 cm³/mol. The monoisotopic (exact) mass is 255 g/mol. The standard InChI is InChI=1S/C16H21N3/c1-11-3-4-12(2)14(7-11)15-9-18-16(19-15)10-17-8-13-5-6-13/h3-4,7,9,13,17H,5-6,8,10H2,1-2H3,(H,18,19). The molecule has 1 fully saturated rings. The number of imidazole rings is 1. The van der Waals surface area contributed by atoms with Crippen molar-refractivity contribution in [2.45, 2.75) is 33.2 Å². The molecule has 2 N–H and O–H groups in total. The van der Waals surface area contributed by atoms with Crippen LogP contribution in [0.15, 0.2) is 24.4 Å². The first-order valence-corrected chi connectivity index (χ1v) is 7.04. The number of aryl methyl sites for hydroxylation is 2. The van der Waals surface area contributed by atoms with E-state index in [9.17, 15) is 0 Å². The minimum absolute atomic E-state index is 0.835. The van der Waals surface area contributed by atoms with E-state index >= 15 is 0 Å². The van der Waals surface area contributed by atoms with E-state index in [-0.39, 0.29) is 0 Å². The number of benzene rings is 1. The van der Waals surface area contributed by atoms with Gasteiger partial charge in [-0.15, -0.1) is 0 Å². The van der Waals surface area contributed by atoms with E-state index < -0.39 is 0 Å². The predicted octanol–water partition coefficient (Wildman–Crippen LogP) is 3.19. The highest BCUT2D eigenvalue weighted by Crippen LogP contribution is 2.27. The van der Waals surface area contributed by atoms with Crippen molar-refractivity contribution in [1.29, 1.82) is 0 Å². The number of hydrogen-bond donors (Lipinski definition) is 2. The Balaban J connectivity index is 1.70. The fourth-order valence-corrected chi connectivity index (χ4v) is 2.33. The summed E-state index contributed by atoms with van der Waals surface area (Å²) >= 11 is 0. The molecule has 0 aliphatic heterocycles. The third-order valence-corrected chi connectivity index (χ3v) is 3.73. The molecule has 3 heteroatoms. The SMILES string of the molecule is Cc1ccc(C)c(-c2cnc(CNCC3CC3)[nH]2)c1. The van der Waals surface area contributed by atoms with Crippen LogP contribution >= 0.6 is 0 Å². The Labute approximate surface area is 114 Å². The molecule has 1 aliphatic carbocycles. The van der Waals surface area contributed by atoms with Crippen molar-refractivity contribution in [3.8, 4) is 11.3 Å². The van der Waals surface area contributed by atoms with Gasteiger partial charge in [-0.2, -0.15) is 0 Å². The number of aromatic amines is 1. The van der Waals surface area contributed by atoms with Gasteiger partial charge in [-0.25, -0.2) is 4.98 Å². The van der Waals surface area contributed by atoms with Gasteiger partial charge in [-0.3, -0.25) is 0 Å². The molecule has 0 radical (unpaired) electrons. The van der Waals surface area contributed by atoms with Crippen LogP contribution in [0.4, 0.5) is 0 Å². The zero-order valence-electron chi connectivity index (χ0n) is 11.7. The van der Waals surface area contributed by atoms with Gasteiger partial charge >= 0.3 is 0 Å². The summed E-state index contributed by atoms with van der Waals surface area (Å²) in [6.07, 6.45) is 4.72. The molecule has 1 saturated carbocycles. The second-order valence-electron chi connectivity index (χ2n) is 5.64. The second kappa shape index (κ2) is 5.17. The fraction of sp³-hybridized carbons (Fsp3) is 0.438. The van der Waals surface area contributed by atoms with Crippen LogP contribution < -0.4 is 5.32 Å². The zero-order chi connectivity index (χ0) is 13.2. The molecule has 0 saturated heterocycles. The Morgan fingerprint density at radius 3 is 2.95 bits per heavy atom. The number of nitrogens with one attached hydrogen (secondary N) is 2. The first-order valence-electron chi connectivity index (χ1n) is 7.04. The van der Waals surface area contributed by atoms with Crippen molar-refractivity contribution in [3.63, 3.8) is 0 Å². The molecule has 3 nitrogen and oxygen atoms in total. The smallest absolute Gasteiger partial charge is 0.120 e. The number of H-pyrrole nitrogens is 1. The highest BCUT2D eigenvalue weighted by atomic mass is 15.0. The molecule has 1 aromatic carbocycles. The molecule has 0 atom stereocenters. The minimum atomic E-state index is 0.835. The van der Waals surface area contributed by atoms with Gasteiger partial charge in [0.1, 0.15) is 5.82 Å². The summed E-state index contributed by atoms with van der Waals surface area (Å²) in [5.41, 5.74) is 4.93. The normalized spacial score (nSPS) is 14.8. The van der Waals surface area contributed by atoms with E-state index in [1.807, 2.05) is 6.20 Å². The lowest BCUT2D eigenvalue weighted by Crippen LogP contribution is -2.16. The Morgan fingerprint density at radius 1 is 1.32 bits per heavy atom. The molecular weight excluding hydrogens is 234 g/mol. The lowest BCUT2D eigenvalue weighted by molar-refractivity contribution is 0.623. The Morgan fingerprint density at radius 2 is 2.16 bits per heavy atom. The molecular formula is C16H21N3. The summed E-state index contributed by atoms with van der Waals surface area (Å²) in [5.74, 6) is 1.94. The van der Waals surface area contributed by atoms with E-state index in [4.69, 9.17) is 0 Å². The van der Waals surface area contributed by atoms with E-state index in [1.54, 1.807) is 0 Å². The molecule has 1 aromatic heterocycles. The number of hydrogen-bond acceptors (Lipinski definition) is 2. The van der Waals surface area contributed by atoms with Gasteiger partial charge in [0.15, 0.2) is 0 Å². The van der Waals surface area contributed by atoms with Crippen molar-refractivity contribution in [2.24, 2.45) is 5.92 Å². The van der Waals surface area contributed by atoms with Crippen LogP contribution in [0.25, 0.3) is 11.3 Å². The van der Waals surface area contributed by atoms with Crippen LogP contribution in [0.2, 0.25) is 0 Å². The van der Waals surface area contributed by atoms with E-state index in [0.717, 1.165) is 30.5 Å². The van der Waals surface area contributed by atoms with Crippen LogP contribution in [0.3, 0.4) is 0 Å². The number of aromatic nitrogens is 2. The Kier molecular flexibility index (Phi) is 3.38. The largest absolute Gasteiger partial charge is 0.341 e. The average molecular weight is 255 g/mol. The molecule has 1 aliphatic rings. The van der Waals surface area contributed by atoms with Gasteiger partial charge in [0, 0.05) is 5.56 Å². The Bertz CT molecular complexity index is 567. The van der Waals surface area contributed by atoms with Crippen molar-refractivity contribution in [1.82, 2.24) is 15.3 Å². The van der Waals surface area contributed by atoms with Crippen LogP contribution in [0, 0.1) is 19.8 Å². The molecule has 0 spiro atoms. The van der Waals surface area contributed by atoms with Crippen molar-refractivity contribution >= 4 is 0 Å². The zero-order valence-corrected chi connectivity index (χ0v) is 11.7. The summed E-state index contributed by atoms with van der Waals surface area (Å²) in [6, 6.07) is 6.52. The molecule has 19 heavy (non-hydrogen) atoms. The summed E-state index contributed by atoms with van der Waals surface area (Å²) in [7, 11) is 0. The van der Waals surface area contributed by atoms with Crippen LogP contribution in [-0.4, -0.2) is 16.5 Å². The van der Waals surface area contributed by atoms with Crippen LogP contribution in [0.5, 0.6) is 0 Å². The summed E-state index contributed by atoms with van der Waals surface area (Å²) in [4.78, 5) is 7.88. The van der Waals surface area contributed by atoms with E-state index in [2.05, 4.69) is 47.3 Å². The van der Waals surface area contributed by atoms with E-state index in [1.165, 1.54) is 29.5 Å². The van der Waals surface area contributed by atoms with Gasteiger partial charge < -0.3 is 10.3 Å². The highest BCUT2D eigenvalue weighted by Gasteiger charge is 2.20. The highest BCUT2D eigenvalue weighted by molar-refractivity contribution is 5.63. The first kappa shape index (κ1) is 12.4. The summed E-state index contributed by atoms with van der Waals surface area (Å²) in [5, 5.41) is 3.46. The van der Waals surface area contributed by atoms with Gasteiger partial charge in [-0.05, 0) is 50.8 Å². The van der Waals surface area contributed by atoms with Crippen LogP contribution in [0.1, 0.15) is 29.8 Å². The van der Waals surface area contributed by atoms with Crippen molar-refractivity contribution < 1.29 is 0 Å². The molecule has 100 valence electrons. The second-order valence-corrected chi connectivity index (χ2v) is 5.64. The molecule has 1 heterocycles. The molecule has 3 rings (SSSR count). The summed E-state index contributed by atoms with van der Waals surface area (Å²) in [6.45, 7) is 6.22. The first-order chi connectivity index (χ1) is 9.22. The van der Waals surface area contributed by atoms with Crippen molar-refractivity contribution in [3.05, 3.63) is 41.3 Å². The molecule has 0 unspecified atom stereocenters.